The maximum atomic E-state index is 13.0. The third-order valence-electron chi connectivity index (χ3n) is 10.5. The quantitative estimate of drug-likeness (QED) is 0.465. The van der Waals surface area contributed by atoms with Crippen LogP contribution in [0.25, 0.3) is 0 Å². The Balaban J connectivity index is 1.64. The topological polar surface area (TPSA) is 99.1 Å². The van der Waals surface area contributed by atoms with Crippen molar-refractivity contribution in [3.05, 3.63) is 35.5 Å². The lowest BCUT2D eigenvalue weighted by Crippen LogP contribution is -2.70. The molecule has 0 aromatic heterocycles. The molecule has 0 spiro atoms. The Morgan fingerprint density at radius 1 is 1.17 bits per heavy atom. The monoisotopic (exact) mass is 498 g/mol. The lowest BCUT2D eigenvalue weighted by Gasteiger charge is -2.67. The second kappa shape index (κ2) is 7.87. The minimum Gasteiger partial charge on any atom is -0.459 e. The molecule has 5 aliphatic rings. The van der Waals surface area contributed by atoms with Crippen LogP contribution in [0.15, 0.2) is 35.5 Å². The maximum absolute atomic E-state index is 13.0. The van der Waals surface area contributed by atoms with Gasteiger partial charge in [0.2, 0.25) is 6.29 Å². The number of rotatable bonds is 3. The first kappa shape index (κ1) is 25.4. The van der Waals surface area contributed by atoms with Gasteiger partial charge in [0.15, 0.2) is 5.78 Å². The molecule has 1 N–H and O–H groups in total. The Bertz CT molecular complexity index is 1110. The van der Waals surface area contributed by atoms with Crippen LogP contribution in [0, 0.1) is 39.4 Å². The number of carbonyl (C=O) groups excluding carboxylic acids is 3. The molecule has 0 saturated heterocycles. The smallest absolute Gasteiger partial charge is 0.336 e. The molecular weight excluding hydrogens is 460 g/mol. The Labute approximate surface area is 212 Å². The molecule has 1 heterocycles. The highest BCUT2D eigenvalue weighted by Gasteiger charge is 2.71. The average Bonchev–Trinajstić information content (AvgIpc) is 3.33. The molecular formula is C29H38O7. The minimum absolute atomic E-state index is 0.0191. The first-order valence-electron chi connectivity index (χ1n) is 13.0. The minimum atomic E-state index is -1.03. The molecule has 2 fully saturated rings. The third-order valence-corrected chi connectivity index (χ3v) is 10.5. The number of fused-ring (bicyclic) bond motifs is 5. The summed E-state index contributed by atoms with van der Waals surface area (Å²) in [5, 5.41) is 11.9. The van der Waals surface area contributed by atoms with Gasteiger partial charge < -0.3 is 19.3 Å². The zero-order chi connectivity index (χ0) is 26.4. The number of methoxy groups -OCH3 is 1. The number of allylic oxidation sites excluding steroid dienone is 3. The van der Waals surface area contributed by atoms with Crippen molar-refractivity contribution < 1.29 is 33.7 Å². The molecule has 196 valence electrons. The normalized spacial score (nSPS) is 46.8. The van der Waals surface area contributed by atoms with Crippen molar-refractivity contribution in [2.45, 2.75) is 79.3 Å². The molecule has 0 bridgehead atoms. The fourth-order valence-corrected chi connectivity index (χ4v) is 9.10. The van der Waals surface area contributed by atoms with Crippen molar-refractivity contribution in [2.75, 3.05) is 7.11 Å². The molecule has 0 radical (unpaired) electrons. The number of aliphatic hydroxyl groups excluding tert-OH is 1. The summed E-state index contributed by atoms with van der Waals surface area (Å²) in [7, 11) is 1.51. The van der Waals surface area contributed by atoms with Gasteiger partial charge in [-0.1, -0.05) is 52.3 Å². The number of ketones is 1. The summed E-state index contributed by atoms with van der Waals surface area (Å²) in [5.74, 6) is -1.28. The second-order valence-corrected chi connectivity index (χ2v) is 12.6. The van der Waals surface area contributed by atoms with Gasteiger partial charge in [0.05, 0.1) is 6.10 Å². The maximum Gasteiger partial charge on any atom is 0.336 e. The Morgan fingerprint density at radius 2 is 1.86 bits per heavy atom. The van der Waals surface area contributed by atoms with Crippen LogP contribution >= 0.6 is 0 Å². The van der Waals surface area contributed by atoms with Crippen LogP contribution in [-0.2, 0) is 28.6 Å². The van der Waals surface area contributed by atoms with Gasteiger partial charge in [0.25, 0.3) is 0 Å². The number of hydrogen-bond acceptors (Lipinski definition) is 7. The number of carbonyl (C=O) groups is 3. The lowest BCUT2D eigenvalue weighted by atomic mass is 9.37. The van der Waals surface area contributed by atoms with E-state index in [2.05, 4.69) is 26.8 Å². The molecule has 0 amide bonds. The number of cyclic esters (lactones) is 1. The number of esters is 2. The van der Waals surface area contributed by atoms with E-state index in [9.17, 15) is 19.5 Å². The Kier molecular flexibility index (Phi) is 5.56. The van der Waals surface area contributed by atoms with Crippen LogP contribution in [0.1, 0.15) is 60.8 Å². The van der Waals surface area contributed by atoms with E-state index in [0.717, 1.165) is 18.4 Å². The standard InChI is InChI=1S/C29H38O7/c1-15(30)35-24-22(32)23-26(2,3)20(31)11-13-28(23,5)19-10-12-27(4)17(8-9-18(27)29(19,24)6)16-14-21(34-7)36-25(16)33/h9,11,13-14,17,19,21-24,32H,8,10,12H2,1-7H3/t17-,19+,21?,22+,23?,24+,27-,28+,29-/m0/s1. The average molecular weight is 499 g/mol. The molecule has 7 heteroatoms. The molecule has 0 aromatic rings. The predicted octanol–water partition coefficient (Wildman–Crippen LogP) is 3.90. The van der Waals surface area contributed by atoms with Gasteiger partial charge in [-0.15, -0.1) is 0 Å². The van der Waals surface area contributed by atoms with Crippen LogP contribution < -0.4 is 0 Å². The highest BCUT2D eigenvalue weighted by atomic mass is 16.7. The molecule has 2 unspecified atom stereocenters. The van der Waals surface area contributed by atoms with Crippen LogP contribution in [0.4, 0.5) is 0 Å². The van der Waals surface area contributed by atoms with Gasteiger partial charge in [-0.3, -0.25) is 9.59 Å². The highest BCUT2D eigenvalue weighted by molar-refractivity contribution is 5.96. The van der Waals surface area contributed by atoms with Crippen LogP contribution in [0.3, 0.4) is 0 Å². The molecule has 7 nitrogen and oxygen atoms in total. The summed E-state index contributed by atoms with van der Waals surface area (Å²) < 4.78 is 16.6. The van der Waals surface area contributed by atoms with Crippen LogP contribution in [-0.4, -0.2) is 48.4 Å². The summed E-state index contributed by atoms with van der Waals surface area (Å²) in [5.41, 5.74) is -0.573. The van der Waals surface area contributed by atoms with E-state index in [1.165, 1.54) is 14.0 Å². The van der Waals surface area contributed by atoms with Crippen molar-refractivity contribution in [3.63, 3.8) is 0 Å². The van der Waals surface area contributed by atoms with Gasteiger partial charge in [0, 0.05) is 42.3 Å². The molecule has 0 aromatic carbocycles. The van der Waals surface area contributed by atoms with E-state index in [0.29, 0.717) is 12.0 Å². The Hall–Kier alpha value is -2.25. The van der Waals surface area contributed by atoms with Crippen molar-refractivity contribution in [1.29, 1.82) is 0 Å². The zero-order valence-corrected chi connectivity index (χ0v) is 22.3. The van der Waals surface area contributed by atoms with Gasteiger partial charge in [-0.05, 0) is 48.2 Å². The number of hydrogen-bond donors (Lipinski definition) is 1. The first-order valence-corrected chi connectivity index (χ1v) is 13.0. The fraction of sp³-hybridized carbons (Fsp3) is 0.690. The van der Waals surface area contributed by atoms with E-state index in [4.69, 9.17) is 14.2 Å². The number of aliphatic hydroxyl groups is 1. The Morgan fingerprint density at radius 3 is 2.47 bits per heavy atom. The van der Waals surface area contributed by atoms with E-state index < -0.39 is 46.6 Å². The summed E-state index contributed by atoms with van der Waals surface area (Å²) >= 11 is 0. The highest BCUT2D eigenvalue weighted by Crippen LogP contribution is 2.72. The SMILES string of the molecule is COC1C=C([C@@H]2CC=C3[C@]4(C)[C@H](OC(C)=O)[C@H](O)C5C(C)(C)C(=O)C=C[C@]5(C)[C@H]4CC[C@]32C)C(=O)O1. The molecule has 36 heavy (non-hydrogen) atoms. The van der Waals surface area contributed by atoms with E-state index in [1.807, 2.05) is 19.9 Å². The summed E-state index contributed by atoms with van der Waals surface area (Å²) in [6.45, 7) is 11.6. The van der Waals surface area contributed by atoms with Crippen LogP contribution in [0.2, 0.25) is 0 Å². The molecule has 2 saturated carbocycles. The van der Waals surface area contributed by atoms with Crippen LogP contribution in [0.5, 0.6) is 0 Å². The molecule has 1 aliphatic heterocycles. The van der Waals surface area contributed by atoms with E-state index >= 15 is 0 Å². The predicted molar refractivity (Wildman–Crippen MR) is 131 cm³/mol. The van der Waals surface area contributed by atoms with Crippen molar-refractivity contribution in [1.82, 2.24) is 0 Å². The molecule has 5 rings (SSSR count). The lowest BCUT2D eigenvalue weighted by molar-refractivity contribution is -0.228. The van der Waals surface area contributed by atoms with Crippen molar-refractivity contribution >= 4 is 17.7 Å². The third kappa shape index (κ3) is 3.08. The largest absolute Gasteiger partial charge is 0.459 e. The second-order valence-electron chi connectivity index (χ2n) is 12.6. The molecule has 4 aliphatic carbocycles. The zero-order valence-electron chi connectivity index (χ0n) is 22.3. The molecule has 9 atom stereocenters. The van der Waals surface area contributed by atoms with Gasteiger partial charge in [-0.2, -0.15) is 0 Å². The van der Waals surface area contributed by atoms with Gasteiger partial charge >= 0.3 is 11.9 Å². The van der Waals surface area contributed by atoms with Crippen molar-refractivity contribution in [3.8, 4) is 0 Å². The van der Waals surface area contributed by atoms with E-state index in [1.54, 1.807) is 12.2 Å². The summed E-state index contributed by atoms with van der Waals surface area (Å²) in [6.07, 6.45) is 7.44. The number of ether oxygens (including phenoxy) is 3. The van der Waals surface area contributed by atoms with E-state index in [-0.39, 0.29) is 29.0 Å². The van der Waals surface area contributed by atoms with Crippen molar-refractivity contribution in [2.24, 2.45) is 39.4 Å². The summed E-state index contributed by atoms with van der Waals surface area (Å²) in [4.78, 5) is 38.1. The van der Waals surface area contributed by atoms with Gasteiger partial charge in [0.1, 0.15) is 6.10 Å². The fourth-order valence-electron chi connectivity index (χ4n) is 9.10. The first-order chi connectivity index (χ1) is 16.7. The van der Waals surface area contributed by atoms with Gasteiger partial charge in [-0.25, -0.2) is 4.79 Å². The summed E-state index contributed by atoms with van der Waals surface area (Å²) in [6, 6.07) is 0.